The van der Waals surface area contributed by atoms with Crippen molar-refractivity contribution in [1.82, 2.24) is 10.2 Å². The van der Waals surface area contributed by atoms with Crippen molar-refractivity contribution in [2.24, 2.45) is 0 Å². The van der Waals surface area contributed by atoms with Gasteiger partial charge in [0.25, 0.3) is 0 Å². The summed E-state index contributed by atoms with van der Waals surface area (Å²) in [5.41, 5.74) is -0.479. The van der Waals surface area contributed by atoms with Crippen LogP contribution in [0.25, 0.3) is 0 Å². The molecule has 0 spiro atoms. The van der Waals surface area contributed by atoms with Crippen LogP contribution in [0.2, 0.25) is 0 Å². The zero-order valence-electron chi connectivity index (χ0n) is 12.6. The first kappa shape index (κ1) is 17.4. The standard InChI is InChI=1S/C14H29N3O/c1-6-8-16-14(4,11-15)12-17(9-10-18-5)13(3)7-2/h13,16H,6-10,12H2,1-5H3. The fraction of sp³-hybridized carbons (Fsp3) is 0.929. The second-order valence-corrected chi connectivity index (χ2v) is 5.09. The van der Waals surface area contributed by atoms with E-state index in [0.717, 1.165) is 32.5 Å². The minimum Gasteiger partial charge on any atom is -0.383 e. The lowest BCUT2D eigenvalue weighted by Gasteiger charge is -2.35. The molecule has 106 valence electrons. The highest BCUT2D eigenvalue weighted by Gasteiger charge is 2.27. The van der Waals surface area contributed by atoms with Crippen molar-refractivity contribution in [2.75, 3.05) is 33.4 Å². The Labute approximate surface area is 112 Å². The SMILES string of the molecule is CCCNC(C)(C#N)CN(CCOC)C(C)CC. The predicted molar refractivity (Wildman–Crippen MR) is 75.5 cm³/mol. The van der Waals surface area contributed by atoms with Crippen LogP contribution in [0.3, 0.4) is 0 Å². The quantitative estimate of drug-likeness (QED) is 0.649. The first-order valence-corrected chi connectivity index (χ1v) is 6.92. The zero-order chi connectivity index (χ0) is 14.0. The van der Waals surface area contributed by atoms with Gasteiger partial charge in [-0.3, -0.25) is 10.2 Å². The van der Waals surface area contributed by atoms with Gasteiger partial charge in [0.15, 0.2) is 0 Å². The van der Waals surface area contributed by atoms with Crippen molar-refractivity contribution in [2.45, 2.75) is 52.1 Å². The highest BCUT2D eigenvalue weighted by Crippen LogP contribution is 2.11. The van der Waals surface area contributed by atoms with Gasteiger partial charge in [-0.1, -0.05) is 13.8 Å². The second-order valence-electron chi connectivity index (χ2n) is 5.09. The van der Waals surface area contributed by atoms with Crippen molar-refractivity contribution in [3.63, 3.8) is 0 Å². The molecular weight excluding hydrogens is 226 g/mol. The molecule has 0 bridgehead atoms. The Morgan fingerprint density at radius 3 is 2.56 bits per heavy atom. The van der Waals surface area contributed by atoms with Crippen molar-refractivity contribution in [3.05, 3.63) is 0 Å². The maximum absolute atomic E-state index is 9.37. The Kier molecular flexibility index (Phi) is 8.99. The van der Waals surface area contributed by atoms with Crippen LogP contribution in [0.15, 0.2) is 0 Å². The van der Waals surface area contributed by atoms with Crippen LogP contribution in [0, 0.1) is 11.3 Å². The van der Waals surface area contributed by atoms with Crippen molar-refractivity contribution in [3.8, 4) is 6.07 Å². The van der Waals surface area contributed by atoms with E-state index in [1.165, 1.54) is 0 Å². The van der Waals surface area contributed by atoms with Gasteiger partial charge < -0.3 is 4.74 Å². The third-order valence-corrected chi connectivity index (χ3v) is 3.33. The minimum atomic E-state index is -0.479. The van der Waals surface area contributed by atoms with Crippen LogP contribution in [0.1, 0.15) is 40.5 Å². The molecule has 0 amide bonds. The normalized spacial score (nSPS) is 16.3. The van der Waals surface area contributed by atoms with E-state index < -0.39 is 5.54 Å². The molecule has 2 unspecified atom stereocenters. The van der Waals surface area contributed by atoms with E-state index in [1.54, 1.807) is 7.11 Å². The van der Waals surface area contributed by atoms with Crippen molar-refractivity contribution >= 4 is 0 Å². The van der Waals surface area contributed by atoms with E-state index in [-0.39, 0.29) is 0 Å². The van der Waals surface area contributed by atoms with E-state index >= 15 is 0 Å². The molecule has 0 rings (SSSR count). The molecule has 0 radical (unpaired) electrons. The summed E-state index contributed by atoms with van der Waals surface area (Å²) in [7, 11) is 1.72. The number of hydrogen-bond acceptors (Lipinski definition) is 4. The van der Waals surface area contributed by atoms with Gasteiger partial charge in [-0.05, 0) is 33.2 Å². The van der Waals surface area contributed by atoms with Crippen LogP contribution >= 0.6 is 0 Å². The molecule has 0 aromatic heterocycles. The smallest absolute Gasteiger partial charge is 0.116 e. The minimum absolute atomic E-state index is 0.469. The summed E-state index contributed by atoms with van der Waals surface area (Å²) >= 11 is 0. The summed E-state index contributed by atoms with van der Waals surface area (Å²) in [5.74, 6) is 0. The molecule has 0 aromatic rings. The number of nitriles is 1. The number of rotatable bonds is 10. The Morgan fingerprint density at radius 2 is 2.11 bits per heavy atom. The van der Waals surface area contributed by atoms with Gasteiger partial charge in [-0.2, -0.15) is 5.26 Å². The van der Waals surface area contributed by atoms with Gasteiger partial charge in [-0.15, -0.1) is 0 Å². The molecule has 0 aliphatic heterocycles. The lowest BCUT2D eigenvalue weighted by molar-refractivity contribution is 0.107. The summed E-state index contributed by atoms with van der Waals surface area (Å²) in [4.78, 5) is 2.33. The maximum atomic E-state index is 9.37. The van der Waals surface area contributed by atoms with E-state index in [2.05, 4.69) is 37.1 Å². The van der Waals surface area contributed by atoms with Crippen LogP contribution in [-0.2, 0) is 4.74 Å². The van der Waals surface area contributed by atoms with Gasteiger partial charge >= 0.3 is 0 Å². The third-order valence-electron chi connectivity index (χ3n) is 3.33. The van der Waals surface area contributed by atoms with E-state index in [1.807, 2.05) is 6.92 Å². The molecule has 0 fully saturated rings. The fourth-order valence-corrected chi connectivity index (χ4v) is 1.86. The van der Waals surface area contributed by atoms with Gasteiger partial charge in [0.2, 0.25) is 0 Å². The molecule has 0 heterocycles. The third kappa shape index (κ3) is 6.34. The van der Waals surface area contributed by atoms with Crippen molar-refractivity contribution < 1.29 is 4.74 Å². The van der Waals surface area contributed by atoms with Crippen molar-refractivity contribution in [1.29, 1.82) is 5.26 Å². The Balaban J connectivity index is 4.55. The monoisotopic (exact) mass is 255 g/mol. The molecule has 4 nitrogen and oxygen atoms in total. The second kappa shape index (κ2) is 9.32. The Bertz CT molecular complexity index is 252. The van der Waals surface area contributed by atoms with Gasteiger partial charge in [0.05, 0.1) is 12.7 Å². The molecule has 0 saturated carbocycles. The van der Waals surface area contributed by atoms with E-state index in [4.69, 9.17) is 4.74 Å². The summed E-state index contributed by atoms with van der Waals surface area (Å²) in [6, 6.07) is 2.87. The molecule has 2 atom stereocenters. The van der Waals surface area contributed by atoms with Gasteiger partial charge in [-0.25, -0.2) is 0 Å². The van der Waals surface area contributed by atoms with Crippen LogP contribution in [0.5, 0.6) is 0 Å². The summed E-state index contributed by atoms with van der Waals surface area (Å²) < 4.78 is 5.15. The Hall–Kier alpha value is -0.630. The first-order chi connectivity index (χ1) is 8.52. The molecular formula is C14H29N3O. The highest BCUT2D eigenvalue weighted by atomic mass is 16.5. The van der Waals surface area contributed by atoms with Gasteiger partial charge in [0, 0.05) is 26.2 Å². The van der Waals surface area contributed by atoms with Crippen LogP contribution < -0.4 is 5.32 Å². The molecule has 0 aliphatic rings. The summed E-state index contributed by atoms with van der Waals surface area (Å²) in [6.45, 7) is 11.7. The molecule has 1 N–H and O–H groups in total. The van der Waals surface area contributed by atoms with E-state index in [0.29, 0.717) is 12.6 Å². The fourth-order valence-electron chi connectivity index (χ4n) is 1.86. The lowest BCUT2D eigenvalue weighted by atomic mass is 10.0. The molecule has 4 heteroatoms. The van der Waals surface area contributed by atoms with Crippen LogP contribution in [0.4, 0.5) is 0 Å². The number of hydrogen-bond donors (Lipinski definition) is 1. The maximum Gasteiger partial charge on any atom is 0.116 e. The number of methoxy groups -OCH3 is 1. The average Bonchev–Trinajstić information content (AvgIpc) is 2.40. The summed E-state index contributed by atoms with van der Waals surface area (Å²) in [5, 5.41) is 12.7. The number of nitrogens with zero attached hydrogens (tertiary/aromatic N) is 2. The predicted octanol–water partition coefficient (Wildman–Crippen LogP) is 2.02. The molecule has 0 aromatic carbocycles. The first-order valence-electron chi connectivity index (χ1n) is 6.92. The lowest BCUT2D eigenvalue weighted by Crippen LogP contribution is -2.53. The van der Waals surface area contributed by atoms with E-state index in [9.17, 15) is 5.26 Å². The molecule has 18 heavy (non-hydrogen) atoms. The highest BCUT2D eigenvalue weighted by molar-refractivity contribution is 5.06. The van der Waals surface area contributed by atoms with Crippen LogP contribution in [-0.4, -0.2) is 49.8 Å². The zero-order valence-corrected chi connectivity index (χ0v) is 12.6. The number of ether oxygens (including phenoxy) is 1. The number of nitrogens with one attached hydrogen (secondary N) is 1. The van der Waals surface area contributed by atoms with Gasteiger partial charge in [0.1, 0.15) is 5.54 Å². The topological polar surface area (TPSA) is 48.3 Å². The molecule has 0 saturated heterocycles. The largest absolute Gasteiger partial charge is 0.383 e. The Morgan fingerprint density at radius 1 is 1.44 bits per heavy atom. The summed E-state index contributed by atoms with van der Waals surface area (Å²) in [6.07, 6.45) is 2.12. The molecule has 0 aliphatic carbocycles. The average molecular weight is 255 g/mol.